The van der Waals surface area contributed by atoms with Crippen molar-refractivity contribution in [3.63, 3.8) is 0 Å². The number of hydrogen-bond donors (Lipinski definition) is 1. The molecule has 0 fully saturated rings. The van der Waals surface area contributed by atoms with Gasteiger partial charge in [0.25, 0.3) is 0 Å². The number of nitrogens with zero attached hydrogens (tertiary/aromatic N) is 3. The van der Waals surface area contributed by atoms with Crippen LogP contribution in [0.1, 0.15) is 22.8 Å². The lowest BCUT2D eigenvalue weighted by Crippen LogP contribution is -2.15. The number of thioether (sulfide) groups is 1. The number of amides is 1. The first kappa shape index (κ1) is 21.5. The van der Waals surface area contributed by atoms with Gasteiger partial charge in [-0.2, -0.15) is 0 Å². The average Bonchev–Trinajstić information content (AvgIpc) is 3.21. The number of aromatic nitrogens is 3. The van der Waals surface area contributed by atoms with Gasteiger partial charge in [0.15, 0.2) is 16.8 Å². The van der Waals surface area contributed by atoms with Crippen LogP contribution >= 0.6 is 11.8 Å². The van der Waals surface area contributed by atoms with Gasteiger partial charge in [0.2, 0.25) is 5.91 Å². The Morgan fingerprint density at radius 3 is 2.19 bits per heavy atom. The summed E-state index contributed by atoms with van der Waals surface area (Å²) in [4.78, 5) is 23.9. The number of Topliss-reactive ketones (excluding diaryl/α,β-unsaturated/α-hetero) is 1. The number of anilines is 1. The molecule has 160 valence electrons. The summed E-state index contributed by atoms with van der Waals surface area (Å²) in [6.07, 6.45) is 0. The molecule has 32 heavy (non-hydrogen) atoms. The van der Waals surface area contributed by atoms with Crippen LogP contribution in [0.15, 0.2) is 90.1 Å². The average molecular weight is 443 g/mol. The number of ketones is 1. The lowest BCUT2D eigenvalue weighted by atomic mass is 10.1. The van der Waals surface area contributed by atoms with Crippen molar-refractivity contribution < 1.29 is 9.59 Å². The Hall–Kier alpha value is -3.71. The Labute approximate surface area is 190 Å². The topological polar surface area (TPSA) is 76.9 Å². The summed E-state index contributed by atoms with van der Waals surface area (Å²) in [5.74, 6) is 0.791. The van der Waals surface area contributed by atoms with E-state index in [2.05, 4.69) is 27.6 Å². The highest BCUT2D eigenvalue weighted by Gasteiger charge is 2.16. The van der Waals surface area contributed by atoms with Gasteiger partial charge in [-0.1, -0.05) is 72.4 Å². The number of nitrogens with one attached hydrogen (secondary N) is 1. The molecule has 0 saturated carbocycles. The summed E-state index contributed by atoms with van der Waals surface area (Å²) in [6, 6.07) is 26.8. The van der Waals surface area contributed by atoms with Crippen LogP contribution in [0.3, 0.4) is 0 Å². The van der Waals surface area contributed by atoms with Crippen molar-refractivity contribution in [2.45, 2.75) is 18.6 Å². The molecule has 1 aromatic heterocycles. The van der Waals surface area contributed by atoms with Crippen LogP contribution in [-0.4, -0.2) is 32.2 Å². The summed E-state index contributed by atoms with van der Waals surface area (Å²) in [5, 5.41) is 12.3. The molecule has 0 radical (unpaired) electrons. The Morgan fingerprint density at radius 1 is 0.875 bits per heavy atom. The molecule has 0 spiro atoms. The molecule has 1 N–H and O–H groups in total. The molecule has 6 nitrogen and oxygen atoms in total. The Morgan fingerprint density at radius 2 is 1.53 bits per heavy atom. The number of benzene rings is 3. The molecule has 7 heteroatoms. The van der Waals surface area contributed by atoms with Gasteiger partial charge in [-0.3, -0.25) is 14.2 Å². The zero-order chi connectivity index (χ0) is 22.3. The molecule has 0 aliphatic carbocycles. The molecule has 0 atom stereocenters. The van der Waals surface area contributed by atoms with E-state index in [0.717, 1.165) is 17.0 Å². The highest BCUT2D eigenvalue weighted by molar-refractivity contribution is 7.99. The number of rotatable bonds is 8. The van der Waals surface area contributed by atoms with Crippen molar-refractivity contribution in [1.82, 2.24) is 14.8 Å². The first-order valence-electron chi connectivity index (χ1n) is 10.2. The highest BCUT2D eigenvalue weighted by Crippen LogP contribution is 2.25. The lowest BCUT2D eigenvalue weighted by Gasteiger charge is -2.11. The van der Waals surface area contributed by atoms with Gasteiger partial charge in [0.05, 0.1) is 12.3 Å². The number of hydrogen-bond acceptors (Lipinski definition) is 5. The maximum absolute atomic E-state index is 12.5. The molecule has 0 saturated heterocycles. The molecular formula is C25H22N4O2S. The van der Waals surface area contributed by atoms with E-state index in [-0.39, 0.29) is 17.4 Å². The molecule has 3 aromatic carbocycles. The van der Waals surface area contributed by atoms with E-state index < -0.39 is 0 Å². The van der Waals surface area contributed by atoms with E-state index in [1.54, 1.807) is 24.3 Å². The molecule has 0 unspecified atom stereocenters. The van der Waals surface area contributed by atoms with Crippen molar-refractivity contribution in [2.24, 2.45) is 0 Å². The number of carbonyl (C=O) groups is 2. The van der Waals surface area contributed by atoms with Crippen LogP contribution in [0.5, 0.6) is 0 Å². The van der Waals surface area contributed by atoms with Gasteiger partial charge in [0.1, 0.15) is 0 Å². The maximum Gasteiger partial charge on any atom is 0.234 e. The fraction of sp³-hybridized carbons (Fsp3) is 0.120. The zero-order valence-electron chi connectivity index (χ0n) is 17.6. The molecule has 4 rings (SSSR count). The monoisotopic (exact) mass is 442 g/mol. The van der Waals surface area contributed by atoms with E-state index in [0.29, 0.717) is 23.0 Å². The maximum atomic E-state index is 12.5. The predicted molar refractivity (Wildman–Crippen MR) is 127 cm³/mol. The van der Waals surface area contributed by atoms with Gasteiger partial charge in [-0.15, -0.1) is 10.2 Å². The van der Waals surface area contributed by atoms with Crippen LogP contribution in [0, 0.1) is 0 Å². The molecule has 4 aromatic rings. The normalized spacial score (nSPS) is 10.7. The van der Waals surface area contributed by atoms with Crippen molar-refractivity contribution in [3.8, 4) is 11.4 Å². The van der Waals surface area contributed by atoms with Gasteiger partial charge >= 0.3 is 0 Å². The van der Waals surface area contributed by atoms with Gasteiger partial charge in [-0.05, 0) is 36.8 Å². The van der Waals surface area contributed by atoms with Gasteiger partial charge in [-0.25, -0.2) is 0 Å². The third-order valence-corrected chi connectivity index (χ3v) is 5.81. The fourth-order valence-corrected chi connectivity index (χ4v) is 3.96. The van der Waals surface area contributed by atoms with Crippen molar-refractivity contribution >= 4 is 29.1 Å². The second-order valence-electron chi connectivity index (χ2n) is 7.21. The minimum Gasteiger partial charge on any atom is -0.325 e. The van der Waals surface area contributed by atoms with Crippen LogP contribution < -0.4 is 5.32 Å². The van der Waals surface area contributed by atoms with Crippen molar-refractivity contribution in [3.05, 3.63) is 96.1 Å². The van der Waals surface area contributed by atoms with Crippen LogP contribution in [0.4, 0.5) is 5.69 Å². The second kappa shape index (κ2) is 10.1. The zero-order valence-corrected chi connectivity index (χ0v) is 18.4. The molecule has 1 amide bonds. The largest absolute Gasteiger partial charge is 0.325 e. The minimum absolute atomic E-state index is 0.00888. The smallest absolute Gasteiger partial charge is 0.234 e. The summed E-state index contributed by atoms with van der Waals surface area (Å²) in [7, 11) is 0. The molecular weight excluding hydrogens is 420 g/mol. The standard InChI is InChI=1S/C25H22N4O2S/c1-18(30)20-12-14-22(15-13-20)26-23(31)17-32-25-28-27-24(21-10-6-3-7-11-21)29(25)16-19-8-4-2-5-9-19/h2-15H,16-17H2,1H3,(H,26,31). The van der Waals surface area contributed by atoms with Gasteiger partial charge < -0.3 is 5.32 Å². The third-order valence-electron chi connectivity index (χ3n) is 4.84. The molecule has 0 bridgehead atoms. The van der Waals surface area contributed by atoms with E-state index in [1.165, 1.54) is 18.7 Å². The molecule has 1 heterocycles. The van der Waals surface area contributed by atoms with Crippen LogP contribution in [0.2, 0.25) is 0 Å². The number of carbonyl (C=O) groups excluding carboxylic acids is 2. The van der Waals surface area contributed by atoms with Gasteiger partial charge in [0, 0.05) is 16.8 Å². The summed E-state index contributed by atoms with van der Waals surface area (Å²) >= 11 is 1.34. The van der Waals surface area contributed by atoms with Crippen molar-refractivity contribution in [2.75, 3.05) is 11.1 Å². The summed E-state index contributed by atoms with van der Waals surface area (Å²) in [5.41, 5.74) is 3.36. The van der Waals surface area contributed by atoms with E-state index >= 15 is 0 Å². The van der Waals surface area contributed by atoms with E-state index in [1.807, 2.05) is 53.1 Å². The fourth-order valence-electron chi connectivity index (χ4n) is 3.22. The minimum atomic E-state index is -0.152. The van der Waals surface area contributed by atoms with E-state index in [4.69, 9.17) is 0 Å². The Bertz CT molecular complexity index is 1210. The summed E-state index contributed by atoms with van der Waals surface area (Å²) < 4.78 is 2.03. The molecule has 0 aliphatic heterocycles. The first-order chi connectivity index (χ1) is 15.6. The highest BCUT2D eigenvalue weighted by atomic mass is 32.2. The predicted octanol–water partition coefficient (Wildman–Crippen LogP) is 4.93. The SMILES string of the molecule is CC(=O)c1ccc(NC(=O)CSc2nnc(-c3ccccc3)n2Cc2ccccc2)cc1. The quantitative estimate of drug-likeness (QED) is 0.309. The Balaban J connectivity index is 1.49. The van der Waals surface area contributed by atoms with Crippen LogP contribution in [-0.2, 0) is 11.3 Å². The lowest BCUT2D eigenvalue weighted by molar-refractivity contribution is -0.113. The third kappa shape index (κ3) is 5.31. The summed E-state index contributed by atoms with van der Waals surface area (Å²) in [6.45, 7) is 2.12. The Kier molecular flexibility index (Phi) is 6.77. The second-order valence-corrected chi connectivity index (χ2v) is 8.16. The van der Waals surface area contributed by atoms with Crippen molar-refractivity contribution in [1.29, 1.82) is 0 Å². The first-order valence-corrected chi connectivity index (χ1v) is 11.1. The van der Waals surface area contributed by atoms with Crippen LogP contribution in [0.25, 0.3) is 11.4 Å². The van der Waals surface area contributed by atoms with E-state index in [9.17, 15) is 9.59 Å². The molecule has 0 aliphatic rings.